The van der Waals surface area contributed by atoms with E-state index in [1.165, 1.54) is 0 Å². The molecular formula is C8H17N2O+. The third kappa shape index (κ3) is 1.71. The lowest BCUT2D eigenvalue weighted by Gasteiger charge is -2.09. The summed E-state index contributed by atoms with van der Waals surface area (Å²) in [5.41, 5.74) is 5.81. The Morgan fingerprint density at radius 2 is 2.09 bits per heavy atom. The summed E-state index contributed by atoms with van der Waals surface area (Å²) in [6.45, 7) is 0. The van der Waals surface area contributed by atoms with Crippen LogP contribution in [0.1, 0.15) is 19.3 Å². The largest absolute Gasteiger partial charge is 0.463 e. The highest BCUT2D eigenvalue weighted by Gasteiger charge is 2.32. The number of aliphatic hydroxyl groups is 1. The van der Waals surface area contributed by atoms with Crippen LogP contribution in [0.4, 0.5) is 0 Å². The lowest BCUT2D eigenvalue weighted by Crippen LogP contribution is -2.34. The molecule has 2 atom stereocenters. The Balaban J connectivity index is 2.67. The SMILES string of the molecule is C[N+](C)=C(O)C1CCCC1N. The van der Waals surface area contributed by atoms with Gasteiger partial charge in [-0.1, -0.05) is 6.42 Å². The Morgan fingerprint density at radius 1 is 1.45 bits per heavy atom. The predicted octanol–water partition coefficient (Wildman–Crippen LogP) is 0.342. The summed E-state index contributed by atoms with van der Waals surface area (Å²) in [4.78, 5) is 0. The lowest BCUT2D eigenvalue weighted by atomic mass is 10.0. The molecule has 3 nitrogen and oxygen atoms in total. The molecule has 0 heterocycles. The van der Waals surface area contributed by atoms with E-state index in [0.717, 1.165) is 19.3 Å². The molecule has 0 aromatic heterocycles. The van der Waals surface area contributed by atoms with Gasteiger partial charge in [-0.25, -0.2) is 4.58 Å². The topological polar surface area (TPSA) is 49.3 Å². The summed E-state index contributed by atoms with van der Waals surface area (Å²) in [7, 11) is 3.70. The molecule has 0 spiro atoms. The molecule has 1 saturated carbocycles. The average molecular weight is 157 g/mol. The first-order valence-electron chi connectivity index (χ1n) is 4.11. The van der Waals surface area contributed by atoms with Crippen LogP contribution in [0.3, 0.4) is 0 Å². The number of hydrogen-bond acceptors (Lipinski definition) is 1. The van der Waals surface area contributed by atoms with Crippen LogP contribution in [0.25, 0.3) is 0 Å². The molecule has 1 rings (SSSR count). The maximum Gasteiger partial charge on any atom is 0.338 e. The highest BCUT2D eigenvalue weighted by molar-refractivity contribution is 5.72. The van der Waals surface area contributed by atoms with Gasteiger partial charge in [-0.2, -0.15) is 0 Å². The highest BCUT2D eigenvalue weighted by Crippen LogP contribution is 2.24. The number of nitrogens with zero attached hydrogens (tertiary/aromatic N) is 1. The van der Waals surface area contributed by atoms with Crippen molar-refractivity contribution in [3.05, 3.63) is 0 Å². The van der Waals surface area contributed by atoms with Gasteiger partial charge in [0.2, 0.25) is 0 Å². The molecule has 0 aliphatic heterocycles. The van der Waals surface area contributed by atoms with Gasteiger partial charge in [0.15, 0.2) is 0 Å². The van der Waals surface area contributed by atoms with Crippen molar-refractivity contribution < 1.29 is 9.68 Å². The van der Waals surface area contributed by atoms with Crippen LogP contribution in [0.15, 0.2) is 0 Å². The van der Waals surface area contributed by atoms with Crippen molar-refractivity contribution in [2.24, 2.45) is 11.7 Å². The van der Waals surface area contributed by atoms with Crippen molar-refractivity contribution in [1.29, 1.82) is 0 Å². The van der Waals surface area contributed by atoms with E-state index >= 15 is 0 Å². The van der Waals surface area contributed by atoms with E-state index in [2.05, 4.69) is 0 Å². The molecule has 1 aliphatic carbocycles. The maximum atomic E-state index is 9.56. The van der Waals surface area contributed by atoms with Gasteiger partial charge in [-0.15, -0.1) is 0 Å². The van der Waals surface area contributed by atoms with E-state index in [-0.39, 0.29) is 12.0 Å². The quantitative estimate of drug-likeness (QED) is 0.327. The zero-order valence-electron chi connectivity index (χ0n) is 7.25. The third-order valence-corrected chi connectivity index (χ3v) is 2.36. The van der Waals surface area contributed by atoms with Crippen LogP contribution in [0.2, 0.25) is 0 Å². The normalized spacial score (nSPS) is 30.5. The van der Waals surface area contributed by atoms with Gasteiger partial charge in [-0.3, -0.25) is 0 Å². The van der Waals surface area contributed by atoms with Crippen LogP contribution < -0.4 is 5.73 Å². The van der Waals surface area contributed by atoms with Crippen LogP contribution in [0, 0.1) is 5.92 Å². The van der Waals surface area contributed by atoms with Crippen molar-refractivity contribution in [1.82, 2.24) is 0 Å². The van der Waals surface area contributed by atoms with Gasteiger partial charge in [0.1, 0.15) is 14.1 Å². The molecule has 2 unspecified atom stereocenters. The van der Waals surface area contributed by atoms with Crippen molar-refractivity contribution in [2.75, 3.05) is 14.1 Å². The second-order valence-electron chi connectivity index (χ2n) is 3.45. The Hall–Kier alpha value is -0.570. The highest BCUT2D eigenvalue weighted by atomic mass is 16.3. The molecule has 0 bridgehead atoms. The zero-order valence-corrected chi connectivity index (χ0v) is 7.25. The number of nitrogens with two attached hydrogens (primary N) is 1. The monoisotopic (exact) mass is 157 g/mol. The Morgan fingerprint density at radius 3 is 2.45 bits per heavy atom. The van der Waals surface area contributed by atoms with E-state index in [1.807, 2.05) is 14.1 Å². The van der Waals surface area contributed by atoms with Gasteiger partial charge in [0, 0.05) is 6.04 Å². The van der Waals surface area contributed by atoms with Gasteiger partial charge in [0.05, 0.1) is 5.92 Å². The van der Waals surface area contributed by atoms with Crippen molar-refractivity contribution in [2.45, 2.75) is 25.3 Å². The molecule has 1 aliphatic rings. The minimum absolute atomic E-state index is 0.164. The average Bonchev–Trinajstić information content (AvgIpc) is 2.33. The van der Waals surface area contributed by atoms with Gasteiger partial charge >= 0.3 is 5.90 Å². The lowest BCUT2D eigenvalue weighted by molar-refractivity contribution is -0.476. The van der Waals surface area contributed by atoms with E-state index in [4.69, 9.17) is 5.73 Å². The smallest absolute Gasteiger partial charge is 0.338 e. The molecule has 3 N–H and O–H groups in total. The first-order valence-corrected chi connectivity index (χ1v) is 4.11. The fourth-order valence-corrected chi connectivity index (χ4v) is 1.64. The summed E-state index contributed by atoms with van der Waals surface area (Å²) in [5, 5.41) is 9.56. The second-order valence-corrected chi connectivity index (χ2v) is 3.45. The number of hydrogen-bond donors (Lipinski definition) is 2. The second kappa shape index (κ2) is 3.22. The molecule has 0 aromatic carbocycles. The Kier molecular flexibility index (Phi) is 2.49. The molecule has 0 amide bonds. The molecule has 0 saturated heterocycles. The first kappa shape index (κ1) is 8.53. The molecule has 0 radical (unpaired) electrons. The standard InChI is InChI=1S/C8H16N2O/c1-10(2)8(11)6-4-3-5-7(6)9/h6-7H,3-5,9H2,1-2H3/p+1. The van der Waals surface area contributed by atoms with Crippen molar-refractivity contribution >= 4 is 5.90 Å². The van der Waals surface area contributed by atoms with Crippen LogP contribution in [0.5, 0.6) is 0 Å². The van der Waals surface area contributed by atoms with E-state index in [0.29, 0.717) is 5.90 Å². The minimum atomic E-state index is 0.164. The van der Waals surface area contributed by atoms with E-state index in [9.17, 15) is 5.11 Å². The van der Waals surface area contributed by atoms with Gasteiger partial charge < -0.3 is 10.8 Å². The first-order chi connectivity index (χ1) is 5.13. The number of rotatable bonds is 1. The Labute approximate surface area is 67.5 Å². The maximum absolute atomic E-state index is 9.56. The molecule has 11 heavy (non-hydrogen) atoms. The minimum Gasteiger partial charge on any atom is -0.463 e. The summed E-state index contributed by atoms with van der Waals surface area (Å²) >= 11 is 0. The predicted molar refractivity (Wildman–Crippen MR) is 45.1 cm³/mol. The van der Waals surface area contributed by atoms with Crippen LogP contribution in [-0.4, -0.2) is 35.7 Å². The van der Waals surface area contributed by atoms with Crippen molar-refractivity contribution in [3.63, 3.8) is 0 Å². The molecular weight excluding hydrogens is 140 g/mol. The van der Waals surface area contributed by atoms with E-state index in [1.54, 1.807) is 4.58 Å². The number of aliphatic hydroxyl groups excluding tert-OH is 1. The Bertz CT molecular complexity index is 173. The molecule has 0 aromatic rings. The fourth-order valence-electron chi connectivity index (χ4n) is 1.64. The van der Waals surface area contributed by atoms with Gasteiger partial charge in [0.25, 0.3) is 0 Å². The summed E-state index contributed by atoms with van der Waals surface area (Å²) in [5.74, 6) is 0.639. The molecule has 1 fully saturated rings. The third-order valence-electron chi connectivity index (χ3n) is 2.36. The molecule has 64 valence electrons. The molecule has 3 heteroatoms. The summed E-state index contributed by atoms with van der Waals surface area (Å²) < 4.78 is 1.75. The summed E-state index contributed by atoms with van der Waals surface area (Å²) in [6, 6.07) is 0.164. The van der Waals surface area contributed by atoms with Crippen LogP contribution in [-0.2, 0) is 0 Å². The fraction of sp³-hybridized carbons (Fsp3) is 0.875. The summed E-state index contributed by atoms with van der Waals surface area (Å²) in [6.07, 6.45) is 3.22. The van der Waals surface area contributed by atoms with E-state index < -0.39 is 0 Å². The van der Waals surface area contributed by atoms with Crippen LogP contribution >= 0.6 is 0 Å². The zero-order chi connectivity index (χ0) is 8.43. The van der Waals surface area contributed by atoms with Crippen molar-refractivity contribution in [3.8, 4) is 0 Å². The van der Waals surface area contributed by atoms with Gasteiger partial charge in [-0.05, 0) is 12.8 Å².